The molecular formula is C17H16BrNO3S. The summed E-state index contributed by atoms with van der Waals surface area (Å²) in [4.78, 5) is 12.4. The van der Waals surface area contributed by atoms with Crippen LogP contribution in [0.4, 0.5) is 0 Å². The highest BCUT2D eigenvalue weighted by atomic mass is 79.9. The average Bonchev–Trinajstić information content (AvgIpc) is 2.91. The molecule has 0 aromatic heterocycles. The molecule has 0 unspecified atom stereocenters. The fourth-order valence-electron chi connectivity index (χ4n) is 2.71. The Kier molecular flexibility index (Phi) is 4.29. The van der Waals surface area contributed by atoms with Crippen molar-refractivity contribution in [1.82, 2.24) is 4.31 Å². The van der Waals surface area contributed by atoms with Crippen molar-refractivity contribution in [2.24, 2.45) is 0 Å². The first kappa shape index (κ1) is 16.2. The molecule has 23 heavy (non-hydrogen) atoms. The minimum Gasteiger partial charge on any atom is -0.274 e. The summed E-state index contributed by atoms with van der Waals surface area (Å²) in [5.41, 5.74) is 1.95. The molecule has 1 saturated heterocycles. The van der Waals surface area contributed by atoms with E-state index in [1.807, 2.05) is 31.2 Å². The van der Waals surface area contributed by atoms with Crippen LogP contribution in [-0.4, -0.2) is 25.2 Å². The number of carbonyl (C=O) groups is 1. The van der Waals surface area contributed by atoms with E-state index in [-0.39, 0.29) is 29.7 Å². The van der Waals surface area contributed by atoms with E-state index in [0.29, 0.717) is 0 Å². The Morgan fingerprint density at radius 3 is 2.26 bits per heavy atom. The monoisotopic (exact) mass is 393 g/mol. The van der Waals surface area contributed by atoms with Gasteiger partial charge in [-0.15, -0.1) is 0 Å². The molecule has 120 valence electrons. The van der Waals surface area contributed by atoms with Crippen LogP contribution in [0.25, 0.3) is 0 Å². The average molecular weight is 394 g/mol. The first-order valence-electron chi connectivity index (χ1n) is 7.25. The summed E-state index contributed by atoms with van der Waals surface area (Å²) in [6.45, 7) is 2.08. The van der Waals surface area contributed by atoms with Gasteiger partial charge in [0, 0.05) is 23.4 Å². The lowest BCUT2D eigenvalue weighted by atomic mass is 9.99. The van der Waals surface area contributed by atoms with E-state index in [0.717, 1.165) is 19.9 Å². The van der Waals surface area contributed by atoms with E-state index >= 15 is 0 Å². The smallest absolute Gasteiger partial charge is 0.266 e. The first-order valence-corrected chi connectivity index (χ1v) is 9.49. The quantitative estimate of drug-likeness (QED) is 0.801. The van der Waals surface area contributed by atoms with Gasteiger partial charge in [0.05, 0.1) is 4.90 Å². The summed E-state index contributed by atoms with van der Waals surface area (Å²) < 4.78 is 27.3. The Labute approximate surface area is 144 Å². The standard InChI is InChI=1S/C17H16BrNO3S/c1-12-2-8-16(9-3-12)23(21,22)19-11-14(10-17(19)20)13-4-6-15(18)7-5-13/h2-9,14H,10-11H2,1H3/t14-/m0/s1. The third kappa shape index (κ3) is 3.19. The maximum Gasteiger partial charge on any atom is 0.266 e. The van der Waals surface area contributed by atoms with Crippen molar-refractivity contribution in [3.05, 3.63) is 64.1 Å². The fraction of sp³-hybridized carbons (Fsp3) is 0.235. The molecule has 6 heteroatoms. The molecule has 0 radical (unpaired) electrons. The highest BCUT2D eigenvalue weighted by Crippen LogP contribution is 2.32. The van der Waals surface area contributed by atoms with Gasteiger partial charge in [-0.05, 0) is 36.8 Å². The van der Waals surface area contributed by atoms with E-state index in [1.54, 1.807) is 24.3 Å². The molecule has 4 nitrogen and oxygen atoms in total. The Morgan fingerprint density at radius 2 is 1.65 bits per heavy atom. The Hall–Kier alpha value is -1.66. The largest absolute Gasteiger partial charge is 0.274 e. The lowest BCUT2D eigenvalue weighted by molar-refractivity contribution is -0.123. The topological polar surface area (TPSA) is 54.5 Å². The number of halogens is 1. The Morgan fingerprint density at radius 1 is 1.04 bits per heavy atom. The summed E-state index contributed by atoms with van der Waals surface area (Å²) >= 11 is 3.37. The Bertz CT molecular complexity index is 829. The maximum atomic E-state index is 12.7. The molecule has 0 aliphatic carbocycles. The van der Waals surface area contributed by atoms with Crippen molar-refractivity contribution in [3.8, 4) is 0 Å². The second-order valence-electron chi connectivity index (χ2n) is 5.70. The van der Waals surface area contributed by atoms with Crippen LogP contribution in [0.2, 0.25) is 0 Å². The van der Waals surface area contributed by atoms with Crippen LogP contribution >= 0.6 is 15.9 Å². The van der Waals surface area contributed by atoms with Crippen LogP contribution in [0.5, 0.6) is 0 Å². The van der Waals surface area contributed by atoms with Crippen LogP contribution in [-0.2, 0) is 14.8 Å². The summed E-state index contributed by atoms with van der Waals surface area (Å²) in [7, 11) is -3.78. The van der Waals surface area contributed by atoms with Gasteiger partial charge in [-0.1, -0.05) is 45.8 Å². The van der Waals surface area contributed by atoms with E-state index in [9.17, 15) is 13.2 Å². The van der Waals surface area contributed by atoms with E-state index < -0.39 is 10.0 Å². The number of hydrogen-bond acceptors (Lipinski definition) is 3. The zero-order valence-corrected chi connectivity index (χ0v) is 15.0. The van der Waals surface area contributed by atoms with Crippen molar-refractivity contribution < 1.29 is 13.2 Å². The van der Waals surface area contributed by atoms with E-state index in [4.69, 9.17) is 0 Å². The predicted octanol–water partition coefficient (Wildman–Crippen LogP) is 3.46. The van der Waals surface area contributed by atoms with Gasteiger partial charge in [-0.2, -0.15) is 0 Å². The number of carbonyl (C=O) groups excluding carboxylic acids is 1. The third-order valence-electron chi connectivity index (χ3n) is 4.04. The fourth-order valence-corrected chi connectivity index (χ4v) is 4.42. The van der Waals surface area contributed by atoms with Gasteiger partial charge in [-0.3, -0.25) is 4.79 Å². The van der Waals surface area contributed by atoms with Crippen molar-refractivity contribution in [2.75, 3.05) is 6.54 Å². The molecule has 3 rings (SSSR count). The van der Waals surface area contributed by atoms with Crippen molar-refractivity contribution >= 4 is 31.9 Å². The molecule has 2 aromatic carbocycles. The second kappa shape index (κ2) is 6.09. The third-order valence-corrected chi connectivity index (χ3v) is 6.37. The number of sulfonamides is 1. The number of hydrogen-bond donors (Lipinski definition) is 0. The summed E-state index contributed by atoms with van der Waals surface area (Å²) in [6.07, 6.45) is 0.215. The summed E-state index contributed by atoms with van der Waals surface area (Å²) in [5.74, 6) is -0.450. The zero-order chi connectivity index (χ0) is 16.6. The summed E-state index contributed by atoms with van der Waals surface area (Å²) in [5, 5.41) is 0. The van der Waals surface area contributed by atoms with Crippen LogP contribution in [0.1, 0.15) is 23.5 Å². The highest BCUT2D eigenvalue weighted by molar-refractivity contribution is 9.10. The van der Waals surface area contributed by atoms with Gasteiger partial charge in [0.2, 0.25) is 5.91 Å². The molecular weight excluding hydrogens is 378 g/mol. The summed E-state index contributed by atoms with van der Waals surface area (Å²) in [6, 6.07) is 14.2. The zero-order valence-electron chi connectivity index (χ0n) is 12.6. The molecule has 1 aliphatic heterocycles. The number of benzene rings is 2. The Balaban J connectivity index is 1.87. The normalized spacial score (nSPS) is 18.4. The van der Waals surface area contributed by atoms with Gasteiger partial charge in [0.15, 0.2) is 0 Å². The van der Waals surface area contributed by atoms with Gasteiger partial charge >= 0.3 is 0 Å². The molecule has 1 atom stereocenters. The van der Waals surface area contributed by atoms with E-state index in [2.05, 4.69) is 15.9 Å². The van der Waals surface area contributed by atoms with Crippen molar-refractivity contribution in [2.45, 2.75) is 24.2 Å². The number of nitrogens with zero attached hydrogens (tertiary/aromatic N) is 1. The molecule has 0 bridgehead atoms. The second-order valence-corrected chi connectivity index (χ2v) is 8.47. The molecule has 1 fully saturated rings. The molecule has 1 heterocycles. The number of aryl methyl sites for hydroxylation is 1. The van der Waals surface area contributed by atoms with E-state index in [1.165, 1.54) is 0 Å². The van der Waals surface area contributed by atoms with Gasteiger partial charge in [0.25, 0.3) is 10.0 Å². The van der Waals surface area contributed by atoms with Gasteiger partial charge in [-0.25, -0.2) is 12.7 Å². The first-order chi connectivity index (χ1) is 10.9. The molecule has 0 saturated carbocycles. The molecule has 2 aromatic rings. The minimum atomic E-state index is -3.78. The lowest BCUT2D eigenvalue weighted by Crippen LogP contribution is -2.32. The van der Waals surface area contributed by atoms with Crippen LogP contribution in [0.15, 0.2) is 57.9 Å². The molecule has 0 N–H and O–H groups in total. The molecule has 0 spiro atoms. The SMILES string of the molecule is Cc1ccc(S(=O)(=O)N2C[C@@H](c3ccc(Br)cc3)CC2=O)cc1. The highest BCUT2D eigenvalue weighted by Gasteiger charge is 2.38. The van der Waals surface area contributed by atoms with Crippen molar-refractivity contribution in [3.63, 3.8) is 0 Å². The number of rotatable bonds is 3. The van der Waals surface area contributed by atoms with Crippen LogP contribution in [0, 0.1) is 6.92 Å². The predicted molar refractivity (Wildman–Crippen MR) is 91.6 cm³/mol. The maximum absolute atomic E-state index is 12.7. The number of amides is 1. The van der Waals surface area contributed by atoms with Gasteiger partial charge in [0.1, 0.15) is 0 Å². The molecule has 1 aliphatic rings. The van der Waals surface area contributed by atoms with Crippen LogP contribution in [0.3, 0.4) is 0 Å². The van der Waals surface area contributed by atoms with Crippen molar-refractivity contribution in [1.29, 1.82) is 0 Å². The minimum absolute atomic E-state index is 0.101. The lowest BCUT2D eigenvalue weighted by Gasteiger charge is -2.17. The van der Waals surface area contributed by atoms with Crippen LogP contribution < -0.4 is 0 Å². The molecule has 1 amide bonds. The van der Waals surface area contributed by atoms with Gasteiger partial charge < -0.3 is 0 Å².